The van der Waals surface area contributed by atoms with Crippen LogP contribution in [-0.4, -0.2) is 22.6 Å². The van der Waals surface area contributed by atoms with Gasteiger partial charge >= 0.3 is 0 Å². The second-order valence-corrected chi connectivity index (χ2v) is 5.01. The van der Waals surface area contributed by atoms with Gasteiger partial charge in [-0.25, -0.2) is 9.97 Å². The molecule has 3 unspecified atom stereocenters. The Labute approximate surface area is 96.9 Å². The summed E-state index contributed by atoms with van der Waals surface area (Å²) in [4.78, 5) is 10.6. The molecule has 2 N–H and O–H groups in total. The third-order valence-corrected chi connectivity index (χ3v) is 3.59. The minimum atomic E-state index is 0.494. The Morgan fingerprint density at radius 1 is 1.38 bits per heavy atom. The van der Waals surface area contributed by atoms with Gasteiger partial charge in [0.05, 0.1) is 11.9 Å². The van der Waals surface area contributed by atoms with Crippen molar-refractivity contribution in [2.24, 2.45) is 11.8 Å². The first-order chi connectivity index (χ1) is 7.59. The lowest BCUT2D eigenvalue weighted by Crippen LogP contribution is -2.46. The van der Waals surface area contributed by atoms with Crippen LogP contribution < -0.4 is 10.6 Å². The van der Waals surface area contributed by atoms with Gasteiger partial charge in [0.25, 0.3) is 0 Å². The minimum Gasteiger partial charge on any atom is -0.394 e. The van der Waals surface area contributed by atoms with Crippen LogP contribution in [0.25, 0.3) is 0 Å². The smallest absolute Gasteiger partial charge is 0.155 e. The molecule has 2 heterocycles. The molecule has 1 aromatic rings. The van der Waals surface area contributed by atoms with Crippen molar-refractivity contribution >= 4 is 11.5 Å². The Morgan fingerprint density at radius 2 is 2.12 bits per heavy atom. The maximum Gasteiger partial charge on any atom is 0.155 e. The molecule has 0 aliphatic carbocycles. The predicted molar refractivity (Wildman–Crippen MR) is 66.2 cm³/mol. The number of anilines is 2. The standard InChI is InChI=1S/C12H20N4/c1-8-4-9(2)10(3)16(6-8)12-11(13)5-14-7-15-12/h5,7-10H,4,6,13H2,1-3H3. The van der Waals surface area contributed by atoms with Crippen LogP contribution in [0.1, 0.15) is 27.2 Å². The van der Waals surface area contributed by atoms with Crippen LogP contribution in [0.15, 0.2) is 12.5 Å². The van der Waals surface area contributed by atoms with Gasteiger partial charge in [-0.05, 0) is 25.2 Å². The second kappa shape index (κ2) is 4.28. The number of piperidine rings is 1. The number of aromatic nitrogens is 2. The largest absolute Gasteiger partial charge is 0.394 e. The zero-order valence-electron chi connectivity index (χ0n) is 10.2. The van der Waals surface area contributed by atoms with Gasteiger partial charge in [0.1, 0.15) is 6.33 Å². The highest BCUT2D eigenvalue weighted by Crippen LogP contribution is 2.32. The molecule has 2 rings (SSSR count). The Bertz CT molecular complexity index is 366. The topological polar surface area (TPSA) is 55.0 Å². The van der Waals surface area contributed by atoms with E-state index >= 15 is 0 Å². The zero-order chi connectivity index (χ0) is 11.7. The van der Waals surface area contributed by atoms with Crippen LogP contribution in [0.2, 0.25) is 0 Å². The lowest BCUT2D eigenvalue weighted by atomic mass is 9.86. The molecule has 0 radical (unpaired) electrons. The Balaban J connectivity index is 2.29. The van der Waals surface area contributed by atoms with Crippen molar-refractivity contribution in [2.45, 2.75) is 33.2 Å². The fourth-order valence-corrected chi connectivity index (χ4v) is 2.57. The van der Waals surface area contributed by atoms with Crippen molar-refractivity contribution in [3.8, 4) is 0 Å². The van der Waals surface area contributed by atoms with E-state index in [1.165, 1.54) is 6.42 Å². The molecule has 1 fully saturated rings. The SMILES string of the molecule is CC1CC(C)C(C)N(c2ncncc2N)C1. The van der Waals surface area contributed by atoms with Gasteiger partial charge in [-0.15, -0.1) is 0 Å². The van der Waals surface area contributed by atoms with E-state index in [1.807, 2.05) is 0 Å². The molecular formula is C12H20N4. The van der Waals surface area contributed by atoms with Crippen LogP contribution in [0, 0.1) is 11.8 Å². The Hall–Kier alpha value is -1.32. The van der Waals surface area contributed by atoms with Crippen LogP contribution in [-0.2, 0) is 0 Å². The van der Waals surface area contributed by atoms with Gasteiger partial charge in [0, 0.05) is 12.6 Å². The van der Waals surface area contributed by atoms with Crippen molar-refractivity contribution in [3.63, 3.8) is 0 Å². The number of rotatable bonds is 1. The van der Waals surface area contributed by atoms with E-state index in [1.54, 1.807) is 12.5 Å². The molecule has 0 aromatic carbocycles. The van der Waals surface area contributed by atoms with Gasteiger partial charge in [0.2, 0.25) is 0 Å². The molecule has 0 bridgehead atoms. The highest BCUT2D eigenvalue weighted by Gasteiger charge is 2.30. The summed E-state index contributed by atoms with van der Waals surface area (Å²) in [5.41, 5.74) is 6.61. The molecule has 1 aliphatic heterocycles. The first-order valence-corrected chi connectivity index (χ1v) is 5.91. The molecule has 88 valence electrons. The molecule has 4 heteroatoms. The van der Waals surface area contributed by atoms with Crippen molar-refractivity contribution in [2.75, 3.05) is 17.2 Å². The van der Waals surface area contributed by atoms with Gasteiger partial charge in [0.15, 0.2) is 5.82 Å². The molecule has 16 heavy (non-hydrogen) atoms. The van der Waals surface area contributed by atoms with Crippen LogP contribution in [0.3, 0.4) is 0 Å². The van der Waals surface area contributed by atoms with E-state index in [0.29, 0.717) is 23.6 Å². The summed E-state index contributed by atoms with van der Waals surface area (Å²) in [6.07, 6.45) is 4.53. The molecule has 4 nitrogen and oxygen atoms in total. The summed E-state index contributed by atoms with van der Waals surface area (Å²) in [6.45, 7) is 7.86. The van der Waals surface area contributed by atoms with Crippen LogP contribution in [0.4, 0.5) is 11.5 Å². The van der Waals surface area contributed by atoms with E-state index in [2.05, 4.69) is 35.6 Å². The Kier molecular flexibility index (Phi) is 2.99. The molecular weight excluding hydrogens is 200 g/mol. The van der Waals surface area contributed by atoms with Gasteiger partial charge in [-0.2, -0.15) is 0 Å². The maximum absolute atomic E-state index is 5.94. The summed E-state index contributed by atoms with van der Waals surface area (Å²) in [6, 6.07) is 0.494. The van der Waals surface area contributed by atoms with Crippen LogP contribution >= 0.6 is 0 Å². The molecule has 3 atom stereocenters. The van der Waals surface area contributed by atoms with Crippen molar-refractivity contribution in [1.82, 2.24) is 9.97 Å². The van der Waals surface area contributed by atoms with Gasteiger partial charge in [-0.1, -0.05) is 13.8 Å². The highest BCUT2D eigenvalue weighted by atomic mass is 15.2. The average Bonchev–Trinajstić information content (AvgIpc) is 2.24. The normalized spacial score (nSPS) is 30.4. The molecule has 0 saturated carbocycles. The minimum absolute atomic E-state index is 0.494. The van der Waals surface area contributed by atoms with E-state index < -0.39 is 0 Å². The lowest BCUT2D eigenvalue weighted by molar-refractivity contribution is 0.295. The quantitative estimate of drug-likeness (QED) is 0.785. The summed E-state index contributed by atoms with van der Waals surface area (Å²) in [5.74, 6) is 2.26. The fourth-order valence-electron chi connectivity index (χ4n) is 2.57. The fraction of sp³-hybridized carbons (Fsp3) is 0.667. The maximum atomic E-state index is 5.94. The zero-order valence-corrected chi connectivity index (χ0v) is 10.2. The Morgan fingerprint density at radius 3 is 2.81 bits per heavy atom. The molecule has 0 amide bonds. The second-order valence-electron chi connectivity index (χ2n) is 5.01. The number of nitrogen functional groups attached to an aromatic ring is 1. The first-order valence-electron chi connectivity index (χ1n) is 5.91. The summed E-state index contributed by atoms with van der Waals surface area (Å²) in [5, 5.41) is 0. The lowest BCUT2D eigenvalue weighted by Gasteiger charge is -2.42. The van der Waals surface area contributed by atoms with Gasteiger partial charge in [-0.3, -0.25) is 0 Å². The number of hydrogen-bond acceptors (Lipinski definition) is 4. The van der Waals surface area contributed by atoms with E-state index in [9.17, 15) is 0 Å². The number of hydrogen-bond donors (Lipinski definition) is 1. The number of nitrogens with two attached hydrogens (primary N) is 1. The van der Waals surface area contributed by atoms with Crippen molar-refractivity contribution in [3.05, 3.63) is 12.5 Å². The first kappa shape index (κ1) is 11.2. The van der Waals surface area contributed by atoms with E-state index in [0.717, 1.165) is 12.4 Å². The summed E-state index contributed by atoms with van der Waals surface area (Å²) < 4.78 is 0. The average molecular weight is 220 g/mol. The third-order valence-electron chi connectivity index (χ3n) is 3.59. The van der Waals surface area contributed by atoms with E-state index in [-0.39, 0.29) is 0 Å². The summed E-state index contributed by atoms with van der Waals surface area (Å²) in [7, 11) is 0. The monoisotopic (exact) mass is 220 g/mol. The van der Waals surface area contributed by atoms with Crippen LogP contribution in [0.5, 0.6) is 0 Å². The highest BCUT2D eigenvalue weighted by molar-refractivity contribution is 5.61. The van der Waals surface area contributed by atoms with E-state index in [4.69, 9.17) is 5.73 Å². The third kappa shape index (κ3) is 1.96. The molecule has 1 aliphatic rings. The molecule has 0 spiro atoms. The predicted octanol–water partition coefficient (Wildman–Crippen LogP) is 1.93. The summed E-state index contributed by atoms with van der Waals surface area (Å²) >= 11 is 0. The molecule has 1 aromatic heterocycles. The number of nitrogens with zero attached hydrogens (tertiary/aromatic N) is 3. The van der Waals surface area contributed by atoms with Crippen molar-refractivity contribution < 1.29 is 0 Å². The van der Waals surface area contributed by atoms with Crippen molar-refractivity contribution in [1.29, 1.82) is 0 Å². The van der Waals surface area contributed by atoms with Gasteiger partial charge < -0.3 is 10.6 Å². The molecule has 1 saturated heterocycles.